The van der Waals surface area contributed by atoms with Gasteiger partial charge in [0.25, 0.3) is 0 Å². The number of nitrogens with zero attached hydrogens (tertiary/aromatic N) is 2. The normalized spacial score (nSPS) is 10.5. The van der Waals surface area contributed by atoms with Crippen LogP contribution in [0, 0.1) is 6.92 Å². The van der Waals surface area contributed by atoms with Gasteiger partial charge in [-0.1, -0.05) is 35.9 Å². The number of pyridine rings is 2. The van der Waals surface area contributed by atoms with Crippen molar-refractivity contribution in [3.05, 3.63) is 66.4 Å². The summed E-state index contributed by atoms with van der Waals surface area (Å²) in [5.41, 5.74) is 4.71. The molecule has 2 heterocycles. The Hall–Kier alpha value is -3.21. The third-order valence-electron chi connectivity index (χ3n) is 3.90. The van der Waals surface area contributed by atoms with Crippen LogP contribution >= 0.6 is 0 Å². The van der Waals surface area contributed by atoms with Gasteiger partial charge in [0, 0.05) is 18.7 Å². The third-order valence-corrected chi connectivity index (χ3v) is 3.90. The van der Waals surface area contributed by atoms with E-state index in [-0.39, 0.29) is 6.42 Å². The number of ether oxygens (including phenoxy) is 1. The lowest BCUT2D eigenvalue weighted by atomic mass is 10.0. The fourth-order valence-corrected chi connectivity index (χ4v) is 2.54. The van der Waals surface area contributed by atoms with Gasteiger partial charge in [0.1, 0.15) is 0 Å². The van der Waals surface area contributed by atoms with Crippen molar-refractivity contribution in [2.24, 2.45) is 0 Å². The van der Waals surface area contributed by atoms with Gasteiger partial charge in [-0.15, -0.1) is 0 Å². The Labute approximate surface area is 152 Å². The van der Waals surface area contributed by atoms with Gasteiger partial charge < -0.3 is 9.84 Å². The number of carboxylic acid groups (broad SMARTS) is 1. The molecule has 3 rings (SSSR count). The van der Waals surface area contributed by atoms with E-state index in [4.69, 9.17) is 9.84 Å². The predicted molar refractivity (Wildman–Crippen MR) is 100 cm³/mol. The quantitative estimate of drug-likeness (QED) is 0.642. The average Bonchev–Trinajstić information content (AvgIpc) is 2.66. The lowest BCUT2D eigenvalue weighted by molar-refractivity contribution is -0.137. The monoisotopic (exact) mass is 348 g/mol. The molecule has 5 heteroatoms. The lowest BCUT2D eigenvalue weighted by Gasteiger charge is -2.10. The molecule has 0 aliphatic heterocycles. The van der Waals surface area contributed by atoms with Crippen LogP contribution in [0.15, 0.2) is 60.8 Å². The van der Waals surface area contributed by atoms with Crippen LogP contribution in [0.5, 0.6) is 5.88 Å². The smallest absolute Gasteiger partial charge is 0.303 e. The predicted octanol–water partition coefficient (Wildman–Crippen LogP) is 4.36. The van der Waals surface area contributed by atoms with Crippen LogP contribution in [0.3, 0.4) is 0 Å². The molecule has 0 radical (unpaired) electrons. The molecule has 0 saturated carbocycles. The number of carbonyl (C=O) groups is 1. The van der Waals surface area contributed by atoms with Crippen LogP contribution in [-0.2, 0) is 4.79 Å². The van der Waals surface area contributed by atoms with E-state index in [1.165, 1.54) is 5.56 Å². The zero-order valence-electron chi connectivity index (χ0n) is 14.6. The van der Waals surface area contributed by atoms with Crippen molar-refractivity contribution in [3.8, 4) is 28.4 Å². The Kier molecular flexibility index (Phi) is 5.59. The maximum Gasteiger partial charge on any atom is 0.303 e. The number of aryl methyl sites for hydroxylation is 1. The first-order valence-electron chi connectivity index (χ1n) is 8.47. The molecule has 5 nitrogen and oxygen atoms in total. The number of aromatic nitrogens is 2. The zero-order chi connectivity index (χ0) is 18.4. The molecular formula is C21H20N2O3. The lowest BCUT2D eigenvalue weighted by Crippen LogP contribution is -2.04. The fraction of sp³-hybridized carbons (Fsp3) is 0.190. The molecule has 0 spiro atoms. The summed E-state index contributed by atoms with van der Waals surface area (Å²) in [5, 5.41) is 8.74. The maximum atomic E-state index is 10.6. The van der Waals surface area contributed by atoms with E-state index < -0.39 is 5.97 Å². The van der Waals surface area contributed by atoms with Crippen molar-refractivity contribution in [3.63, 3.8) is 0 Å². The van der Waals surface area contributed by atoms with Crippen molar-refractivity contribution >= 4 is 5.97 Å². The van der Waals surface area contributed by atoms with Gasteiger partial charge in [-0.3, -0.25) is 9.78 Å². The van der Waals surface area contributed by atoms with Gasteiger partial charge in [0.05, 0.1) is 18.0 Å². The second-order valence-electron chi connectivity index (χ2n) is 6.01. The van der Waals surface area contributed by atoms with Gasteiger partial charge in [-0.05, 0) is 42.7 Å². The Morgan fingerprint density at radius 2 is 1.85 bits per heavy atom. The third kappa shape index (κ3) is 4.66. The Balaban J connectivity index is 1.91. The molecule has 132 valence electrons. The summed E-state index contributed by atoms with van der Waals surface area (Å²) in [6, 6.07) is 17.8. The van der Waals surface area contributed by atoms with Crippen molar-refractivity contribution < 1.29 is 14.6 Å². The Morgan fingerprint density at radius 3 is 2.54 bits per heavy atom. The largest absolute Gasteiger partial charge is 0.481 e. The van der Waals surface area contributed by atoms with Gasteiger partial charge in [-0.25, -0.2) is 4.98 Å². The van der Waals surface area contributed by atoms with Crippen molar-refractivity contribution in [2.75, 3.05) is 6.61 Å². The van der Waals surface area contributed by atoms with E-state index in [1.54, 1.807) is 6.20 Å². The van der Waals surface area contributed by atoms with Crippen molar-refractivity contribution in [2.45, 2.75) is 19.8 Å². The molecule has 0 atom stereocenters. The molecule has 26 heavy (non-hydrogen) atoms. The summed E-state index contributed by atoms with van der Waals surface area (Å²) < 4.78 is 5.70. The molecule has 0 amide bonds. The van der Waals surface area contributed by atoms with E-state index in [0.717, 1.165) is 22.5 Å². The molecule has 0 saturated heterocycles. The van der Waals surface area contributed by atoms with Crippen LogP contribution in [0.1, 0.15) is 18.4 Å². The molecule has 0 bridgehead atoms. The van der Waals surface area contributed by atoms with E-state index in [0.29, 0.717) is 18.9 Å². The van der Waals surface area contributed by atoms with Crippen molar-refractivity contribution in [1.82, 2.24) is 9.97 Å². The maximum absolute atomic E-state index is 10.6. The first-order chi connectivity index (χ1) is 12.6. The SMILES string of the molecule is Cc1ccc(-c2cc(OCCCC(=O)O)nc(-c3ccccn3)c2)cc1. The van der Waals surface area contributed by atoms with E-state index in [1.807, 2.05) is 37.3 Å². The van der Waals surface area contributed by atoms with E-state index >= 15 is 0 Å². The minimum atomic E-state index is -0.830. The van der Waals surface area contributed by atoms with Crippen LogP contribution in [0.2, 0.25) is 0 Å². The number of hydrogen-bond donors (Lipinski definition) is 1. The molecule has 0 fully saturated rings. The topological polar surface area (TPSA) is 72.3 Å². The number of carboxylic acids is 1. The number of rotatable bonds is 7. The summed E-state index contributed by atoms with van der Waals surface area (Å²) in [5.74, 6) is -0.363. The first kappa shape index (κ1) is 17.6. The van der Waals surface area contributed by atoms with E-state index in [2.05, 4.69) is 34.2 Å². The van der Waals surface area contributed by atoms with Gasteiger partial charge in [0.2, 0.25) is 5.88 Å². The van der Waals surface area contributed by atoms with Crippen LogP contribution in [0.25, 0.3) is 22.5 Å². The van der Waals surface area contributed by atoms with Gasteiger partial charge in [0.15, 0.2) is 0 Å². The molecule has 0 aliphatic rings. The Morgan fingerprint density at radius 1 is 1.04 bits per heavy atom. The Bertz CT molecular complexity index is 878. The average molecular weight is 348 g/mol. The fourth-order valence-electron chi connectivity index (χ4n) is 2.54. The van der Waals surface area contributed by atoms with Gasteiger partial charge >= 0.3 is 5.97 Å². The number of aliphatic carboxylic acids is 1. The second-order valence-corrected chi connectivity index (χ2v) is 6.01. The summed E-state index contributed by atoms with van der Waals surface area (Å²) in [6.07, 6.45) is 2.23. The second kappa shape index (κ2) is 8.25. The summed E-state index contributed by atoms with van der Waals surface area (Å²) >= 11 is 0. The molecule has 0 unspecified atom stereocenters. The van der Waals surface area contributed by atoms with Gasteiger partial charge in [-0.2, -0.15) is 0 Å². The van der Waals surface area contributed by atoms with Crippen LogP contribution in [-0.4, -0.2) is 27.7 Å². The van der Waals surface area contributed by atoms with E-state index in [9.17, 15) is 4.79 Å². The highest BCUT2D eigenvalue weighted by Crippen LogP contribution is 2.28. The standard InChI is InChI=1S/C21H20N2O3/c1-15-7-9-16(10-8-15)17-13-19(18-5-2-3-11-22-18)23-20(14-17)26-12-4-6-21(24)25/h2-3,5,7-11,13-14H,4,6,12H2,1H3,(H,24,25). The molecule has 1 aromatic carbocycles. The van der Waals surface area contributed by atoms with Crippen LogP contribution in [0.4, 0.5) is 0 Å². The van der Waals surface area contributed by atoms with Crippen LogP contribution < -0.4 is 4.74 Å². The molecule has 2 aromatic heterocycles. The minimum absolute atomic E-state index is 0.0742. The number of benzene rings is 1. The summed E-state index contributed by atoms with van der Waals surface area (Å²) in [6.45, 7) is 2.35. The molecular weight excluding hydrogens is 328 g/mol. The highest BCUT2D eigenvalue weighted by Gasteiger charge is 2.09. The number of hydrogen-bond acceptors (Lipinski definition) is 4. The first-order valence-corrected chi connectivity index (χ1v) is 8.47. The molecule has 0 aliphatic carbocycles. The van der Waals surface area contributed by atoms with Crippen molar-refractivity contribution in [1.29, 1.82) is 0 Å². The molecule has 1 N–H and O–H groups in total. The highest BCUT2D eigenvalue weighted by atomic mass is 16.5. The summed E-state index contributed by atoms with van der Waals surface area (Å²) in [4.78, 5) is 19.5. The molecule has 3 aromatic rings. The summed E-state index contributed by atoms with van der Waals surface area (Å²) in [7, 11) is 0. The highest BCUT2D eigenvalue weighted by molar-refractivity contribution is 5.70. The minimum Gasteiger partial charge on any atom is -0.481 e. The zero-order valence-corrected chi connectivity index (χ0v) is 14.6.